The number of hydrogen-bond donors (Lipinski definition) is 1. The van der Waals surface area contributed by atoms with Crippen molar-refractivity contribution in [3.05, 3.63) is 60.8 Å². The van der Waals surface area contributed by atoms with Gasteiger partial charge in [-0.15, -0.1) is 0 Å². The summed E-state index contributed by atoms with van der Waals surface area (Å²) in [5, 5.41) is 3.02. The maximum absolute atomic E-state index is 13.5. The molecule has 1 N–H and O–H groups in total. The first-order valence-electron chi connectivity index (χ1n) is 31.6. The zero-order valence-electron chi connectivity index (χ0n) is 50.0. The van der Waals surface area contributed by atoms with E-state index in [2.05, 4.69) is 74.7 Å². The molecule has 1 amide bonds. The minimum Gasteiger partial charge on any atom is -0.756 e. The van der Waals surface area contributed by atoms with Crippen LogP contribution in [0.2, 0.25) is 0 Å². The average Bonchev–Trinajstić information content (AvgIpc) is 3.37. The van der Waals surface area contributed by atoms with E-state index in [0.717, 1.165) is 96.3 Å². The molecule has 0 saturated carbocycles. The van der Waals surface area contributed by atoms with E-state index >= 15 is 0 Å². The highest BCUT2D eigenvalue weighted by Gasteiger charge is 2.27. The fraction of sp³-hybridized carbons (Fsp3) is 0.815. The van der Waals surface area contributed by atoms with E-state index in [9.17, 15) is 19.0 Å². The number of nitrogens with zero attached hydrogens (tertiary/aromatic N) is 1. The molecule has 0 bridgehead atoms. The summed E-state index contributed by atoms with van der Waals surface area (Å²) in [5.74, 6) is -0.553. The molecule has 0 aliphatic carbocycles. The number of allylic oxidation sites excluding steroid dienone is 9. The molecule has 0 aromatic heterocycles. The van der Waals surface area contributed by atoms with E-state index in [1.165, 1.54) is 161 Å². The van der Waals surface area contributed by atoms with Crippen molar-refractivity contribution in [3.63, 3.8) is 0 Å². The normalized spacial score (nSPS) is 14.1. The molecule has 75 heavy (non-hydrogen) atoms. The van der Waals surface area contributed by atoms with Crippen LogP contribution in [0.15, 0.2) is 60.8 Å². The van der Waals surface area contributed by atoms with Gasteiger partial charge >= 0.3 is 5.97 Å². The average molecular weight is 1070 g/mol. The summed E-state index contributed by atoms with van der Waals surface area (Å²) in [6.07, 6.45) is 69.0. The van der Waals surface area contributed by atoms with Gasteiger partial charge in [0.25, 0.3) is 7.82 Å². The minimum absolute atomic E-state index is 0.0263. The van der Waals surface area contributed by atoms with Gasteiger partial charge in [-0.2, -0.15) is 0 Å². The Balaban J connectivity index is 5.22. The van der Waals surface area contributed by atoms with Crippen molar-refractivity contribution < 1.29 is 37.3 Å². The van der Waals surface area contributed by atoms with Crippen molar-refractivity contribution in [2.45, 2.75) is 303 Å². The Hall–Kier alpha value is -2.29. The maximum atomic E-state index is 13.5. The van der Waals surface area contributed by atoms with Crippen molar-refractivity contribution in [1.82, 2.24) is 5.32 Å². The highest BCUT2D eigenvalue weighted by Crippen LogP contribution is 2.38. The molecular weight excluding hydrogens is 952 g/mol. The van der Waals surface area contributed by atoms with E-state index in [4.69, 9.17) is 13.8 Å². The number of nitrogens with one attached hydrogen (secondary N) is 1. The molecule has 9 nitrogen and oxygen atoms in total. The fourth-order valence-corrected chi connectivity index (χ4v) is 9.72. The Morgan fingerprint density at radius 1 is 0.467 bits per heavy atom. The molecule has 0 spiro atoms. The van der Waals surface area contributed by atoms with Gasteiger partial charge < -0.3 is 28.5 Å². The minimum atomic E-state index is -4.70. The second-order valence-electron chi connectivity index (χ2n) is 22.6. The summed E-state index contributed by atoms with van der Waals surface area (Å²) in [4.78, 5) is 40.0. The fourth-order valence-electron chi connectivity index (χ4n) is 8.99. The van der Waals surface area contributed by atoms with E-state index in [1.54, 1.807) is 0 Å². The van der Waals surface area contributed by atoms with Crippen molar-refractivity contribution in [3.8, 4) is 0 Å². The number of ether oxygens (including phenoxy) is 1. The third-order valence-corrected chi connectivity index (χ3v) is 14.9. The zero-order valence-corrected chi connectivity index (χ0v) is 50.9. The number of carbonyl (C=O) groups is 2. The lowest BCUT2D eigenvalue weighted by Crippen LogP contribution is -2.47. The summed E-state index contributed by atoms with van der Waals surface area (Å²) >= 11 is 0. The van der Waals surface area contributed by atoms with Crippen LogP contribution in [0.4, 0.5) is 0 Å². The standard InChI is InChI=1S/C65H121N2O7P/c1-7-10-13-16-19-22-25-27-29-31-33-35-37-39-42-45-48-51-54-57-64(68)66-62(61-73-75(70,71)72-60-59-67(4,5)6)63(56-53-50-47-44-41-24-21-18-15-12-9-3)74-65(69)58-55-52-49-46-43-40-38-36-34-32-30-28-26-23-20-17-14-11-8-2/h19,22,27-30,33,35,53,56,62-63H,7-18,20-21,23-26,31-32,34,36-52,54-55,57-61H2,1-6H3,(H-,66,68,70,71)/b22-19-,29-27-,30-28+,35-33-,56-53+. The molecule has 3 unspecified atom stereocenters. The third kappa shape index (κ3) is 56.2. The Bertz CT molecular complexity index is 1470. The zero-order chi connectivity index (χ0) is 55.0. The van der Waals surface area contributed by atoms with Crippen LogP contribution in [0.1, 0.15) is 290 Å². The molecule has 3 atom stereocenters. The number of quaternary nitrogens is 1. The summed E-state index contributed by atoms with van der Waals surface area (Å²) in [6.45, 7) is 6.81. The Morgan fingerprint density at radius 3 is 1.25 bits per heavy atom. The number of phosphoric ester groups is 1. The highest BCUT2D eigenvalue weighted by atomic mass is 31.2. The van der Waals surface area contributed by atoms with Crippen LogP contribution < -0.4 is 10.2 Å². The molecule has 0 aliphatic rings. The second kappa shape index (κ2) is 55.0. The molecule has 0 radical (unpaired) electrons. The van der Waals surface area contributed by atoms with Gasteiger partial charge in [0, 0.05) is 12.8 Å². The second-order valence-corrected chi connectivity index (χ2v) is 24.0. The molecular formula is C65H121N2O7P. The molecule has 0 heterocycles. The molecule has 0 aliphatic heterocycles. The van der Waals surface area contributed by atoms with Crippen LogP contribution in [0.3, 0.4) is 0 Å². The first kappa shape index (κ1) is 72.7. The largest absolute Gasteiger partial charge is 0.756 e. The number of rotatable bonds is 57. The van der Waals surface area contributed by atoms with Crippen LogP contribution in [-0.2, 0) is 27.9 Å². The van der Waals surface area contributed by atoms with Crippen molar-refractivity contribution in [2.75, 3.05) is 40.9 Å². The van der Waals surface area contributed by atoms with E-state index in [0.29, 0.717) is 17.4 Å². The van der Waals surface area contributed by atoms with Gasteiger partial charge in [-0.1, -0.05) is 242 Å². The van der Waals surface area contributed by atoms with E-state index in [-0.39, 0.29) is 24.9 Å². The summed E-state index contributed by atoms with van der Waals surface area (Å²) < 4.78 is 30.3. The maximum Gasteiger partial charge on any atom is 0.306 e. The number of esters is 1. The summed E-state index contributed by atoms with van der Waals surface area (Å²) in [5.41, 5.74) is 0. The lowest BCUT2D eigenvalue weighted by atomic mass is 10.0. The molecule has 438 valence electrons. The van der Waals surface area contributed by atoms with Crippen molar-refractivity contribution in [1.29, 1.82) is 0 Å². The quantitative estimate of drug-likeness (QED) is 0.0212. The summed E-state index contributed by atoms with van der Waals surface area (Å²) in [6, 6.07) is -0.896. The van der Waals surface area contributed by atoms with Crippen LogP contribution in [0, 0.1) is 0 Å². The number of hydrogen-bond acceptors (Lipinski definition) is 7. The van der Waals surface area contributed by atoms with Crippen LogP contribution in [0.5, 0.6) is 0 Å². The van der Waals surface area contributed by atoms with Crippen molar-refractivity contribution in [2.24, 2.45) is 0 Å². The molecule has 0 fully saturated rings. The van der Waals surface area contributed by atoms with Crippen LogP contribution in [0.25, 0.3) is 0 Å². The monoisotopic (exact) mass is 1070 g/mol. The predicted octanol–water partition coefficient (Wildman–Crippen LogP) is 18.8. The molecule has 0 aromatic rings. The number of unbranched alkanes of at least 4 members (excludes halogenated alkanes) is 33. The lowest BCUT2D eigenvalue weighted by molar-refractivity contribution is -0.870. The summed E-state index contributed by atoms with van der Waals surface area (Å²) in [7, 11) is 1.17. The molecule has 10 heteroatoms. The van der Waals surface area contributed by atoms with E-state index < -0.39 is 26.6 Å². The van der Waals surface area contributed by atoms with E-state index in [1.807, 2.05) is 33.3 Å². The number of likely N-dealkylation sites (N-methyl/N-ethyl adjacent to an activating group) is 1. The number of carbonyl (C=O) groups excluding carboxylic acids is 2. The van der Waals surface area contributed by atoms with Gasteiger partial charge in [0.2, 0.25) is 5.91 Å². The first-order chi connectivity index (χ1) is 36.4. The SMILES string of the molecule is CCCCC/C=C\C/C=C\C/C=C\CCCCCCCCC(=O)NC(COP(=O)([O-])OCC[N+](C)(C)C)C(/C=C/CCCCCCCCCCC)OC(=O)CCCCCCCCCCC/C=C/CCCCCCCC. The third-order valence-electron chi connectivity index (χ3n) is 13.9. The topological polar surface area (TPSA) is 114 Å². The Labute approximate surface area is 464 Å². The van der Waals surface area contributed by atoms with Crippen LogP contribution >= 0.6 is 7.82 Å². The molecule has 0 rings (SSSR count). The predicted molar refractivity (Wildman–Crippen MR) is 321 cm³/mol. The Kier molecular flexibility index (Phi) is 53.4. The van der Waals surface area contributed by atoms with Gasteiger partial charge in [0.05, 0.1) is 33.8 Å². The number of phosphoric acid groups is 1. The van der Waals surface area contributed by atoms with Gasteiger partial charge in [0.1, 0.15) is 19.3 Å². The van der Waals surface area contributed by atoms with Gasteiger partial charge in [-0.3, -0.25) is 14.2 Å². The van der Waals surface area contributed by atoms with Gasteiger partial charge in [0.15, 0.2) is 0 Å². The smallest absolute Gasteiger partial charge is 0.306 e. The Morgan fingerprint density at radius 2 is 0.813 bits per heavy atom. The first-order valence-corrected chi connectivity index (χ1v) is 33.1. The lowest BCUT2D eigenvalue weighted by Gasteiger charge is -2.30. The van der Waals surface area contributed by atoms with Gasteiger partial charge in [-0.25, -0.2) is 0 Å². The number of amides is 1. The van der Waals surface area contributed by atoms with Crippen LogP contribution in [-0.4, -0.2) is 69.4 Å². The van der Waals surface area contributed by atoms with Gasteiger partial charge in [-0.05, 0) is 96.0 Å². The molecule has 0 saturated heterocycles. The van der Waals surface area contributed by atoms with Crippen molar-refractivity contribution >= 4 is 19.7 Å². The molecule has 0 aromatic carbocycles. The highest BCUT2D eigenvalue weighted by molar-refractivity contribution is 7.45.